The summed E-state index contributed by atoms with van der Waals surface area (Å²) in [7, 11) is 3.79. The first-order valence-electron chi connectivity index (χ1n) is 7.13. The Morgan fingerprint density at radius 1 is 1.33 bits per heavy atom. The number of rotatable bonds is 5. The van der Waals surface area contributed by atoms with Gasteiger partial charge in [0.2, 0.25) is 0 Å². The summed E-state index contributed by atoms with van der Waals surface area (Å²) in [4.78, 5) is 6.37. The number of aryl methyl sites for hydroxylation is 1. The molecule has 1 N–H and O–H groups in total. The smallest absolute Gasteiger partial charge is 0.194 e. The third-order valence-electron chi connectivity index (χ3n) is 3.23. The Balaban J connectivity index is 1.90. The maximum Gasteiger partial charge on any atom is 0.194 e. The zero-order chi connectivity index (χ0) is 15.1. The fourth-order valence-corrected chi connectivity index (χ4v) is 2.09. The lowest BCUT2D eigenvalue weighted by molar-refractivity contribution is 0.371. The molecule has 0 aliphatic rings. The molecule has 0 saturated carbocycles. The minimum atomic E-state index is 0.582. The van der Waals surface area contributed by atoms with Crippen molar-refractivity contribution in [3.63, 3.8) is 0 Å². The quantitative estimate of drug-likeness (QED) is 0.677. The molecule has 112 valence electrons. The largest absolute Gasteiger partial charge is 0.359 e. The maximum absolute atomic E-state index is 5.26. The van der Waals surface area contributed by atoms with E-state index in [0.717, 1.165) is 30.4 Å². The SMILES string of the molecule is CCc1cc(CNC(=NC)N(C)Cc2ccccc2)on1. The Labute approximate surface area is 125 Å². The van der Waals surface area contributed by atoms with Crippen LogP contribution in [0.5, 0.6) is 0 Å². The first-order valence-corrected chi connectivity index (χ1v) is 7.13. The molecule has 5 nitrogen and oxygen atoms in total. The first-order chi connectivity index (χ1) is 10.2. The van der Waals surface area contributed by atoms with Gasteiger partial charge in [-0.1, -0.05) is 42.4 Å². The van der Waals surface area contributed by atoms with E-state index in [0.29, 0.717) is 6.54 Å². The lowest BCUT2D eigenvalue weighted by Crippen LogP contribution is -2.37. The number of aliphatic imine (C=N–C) groups is 1. The van der Waals surface area contributed by atoms with E-state index in [1.54, 1.807) is 7.05 Å². The summed E-state index contributed by atoms with van der Waals surface area (Å²) in [6.07, 6.45) is 0.881. The van der Waals surface area contributed by atoms with Gasteiger partial charge in [0, 0.05) is 26.7 Å². The fourth-order valence-electron chi connectivity index (χ4n) is 2.09. The Hall–Kier alpha value is -2.30. The van der Waals surface area contributed by atoms with Crippen LogP contribution < -0.4 is 5.32 Å². The van der Waals surface area contributed by atoms with E-state index in [1.807, 2.05) is 31.3 Å². The number of benzene rings is 1. The van der Waals surface area contributed by atoms with Gasteiger partial charge in [-0.3, -0.25) is 4.99 Å². The van der Waals surface area contributed by atoms with Crippen LogP contribution in [0.15, 0.2) is 45.9 Å². The van der Waals surface area contributed by atoms with Crippen LogP contribution in [-0.2, 0) is 19.5 Å². The second kappa shape index (κ2) is 7.47. The Morgan fingerprint density at radius 3 is 2.71 bits per heavy atom. The van der Waals surface area contributed by atoms with E-state index in [9.17, 15) is 0 Å². The van der Waals surface area contributed by atoms with Crippen molar-refractivity contribution < 1.29 is 4.52 Å². The van der Waals surface area contributed by atoms with Crippen LogP contribution in [0, 0.1) is 0 Å². The highest BCUT2D eigenvalue weighted by atomic mass is 16.5. The predicted octanol–water partition coefficient (Wildman–Crippen LogP) is 2.44. The molecule has 0 unspecified atom stereocenters. The van der Waals surface area contributed by atoms with Crippen molar-refractivity contribution in [2.75, 3.05) is 14.1 Å². The van der Waals surface area contributed by atoms with Crippen molar-refractivity contribution in [2.45, 2.75) is 26.4 Å². The molecular formula is C16H22N4O. The normalized spacial score (nSPS) is 11.5. The summed E-state index contributed by atoms with van der Waals surface area (Å²) in [5.74, 6) is 1.65. The molecule has 5 heteroatoms. The summed E-state index contributed by atoms with van der Waals surface area (Å²) in [6.45, 7) is 3.44. The van der Waals surface area contributed by atoms with Crippen LogP contribution in [0.1, 0.15) is 23.9 Å². The lowest BCUT2D eigenvalue weighted by Gasteiger charge is -2.21. The van der Waals surface area contributed by atoms with Gasteiger partial charge in [0.25, 0.3) is 0 Å². The third kappa shape index (κ3) is 4.34. The second-order valence-corrected chi connectivity index (χ2v) is 4.88. The molecule has 21 heavy (non-hydrogen) atoms. The number of guanidine groups is 1. The molecule has 0 bridgehead atoms. The van der Waals surface area contributed by atoms with Crippen LogP contribution >= 0.6 is 0 Å². The van der Waals surface area contributed by atoms with Crippen LogP contribution in [0.4, 0.5) is 0 Å². The monoisotopic (exact) mass is 286 g/mol. The molecule has 0 spiro atoms. The van der Waals surface area contributed by atoms with Gasteiger partial charge in [0.05, 0.1) is 12.2 Å². The Morgan fingerprint density at radius 2 is 2.10 bits per heavy atom. The summed E-state index contributed by atoms with van der Waals surface area (Å²) >= 11 is 0. The van der Waals surface area contributed by atoms with Gasteiger partial charge < -0.3 is 14.7 Å². The molecule has 0 fully saturated rings. The van der Waals surface area contributed by atoms with Gasteiger partial charge in [0.15, 0.2) is 11.7 Å². The Bertz CT molecular complexity index is 577. The summed E-state index contributed by atoms with van der Waals surface area (Å²) in [6, 6.07) is 12.3. The number of nitrogens with zero attached hydrogens (tertiary/aromatic N) is 3. The van der Waals surface area contributed by atoms with E-state index >= 15 is 0 Å². The standard InChI is InChI=1S/C16H22N4O/c1-4-14-10-15(21-19-14)11-18-16(17-2)20(3)12-13-8-6-5-7-9-13/h5-10H,4,11-12H2,1-3H3,(H,17,18). The average molecular weight is 286 g/mol. The molecule has 0 aliphatic carbocycles. The highest BCUT2D eigenvalue weighted by Gasteiger charge is 2.08. The molecule has 1 aromatic carbocycles. The zero-order valence-electron chi connectivity index (χ0n) is 12.8. The highest BCUT2D eigenvalue weighted by Crippen LogP contribution is 2.05. The molecule has 1 aromatic heterocycles. The lowest BCUT2D eigenvalue weighted by atomic mass is 10.2. The van der Waals surface area contributed by atoms with Crippen LogP contribution in [0.3, 0.4) is 0 Å². The number of hydrogen-bond donors (Lipinski definition) is 1. The molecular weight excluding hydrogens is 264 g/mol. The van der Waals surface area contributed by atoms with Crippen LogP contribution in [-0.4, -0.2) is 30.1 Å². The second-order valence-electron chi connectivity index (χ2n) is 4.88. The van der Waals surface area contributed by atoms with Crippen LogP contribution in [0.25, 0.3) is 0 Å². The zero-order valence-corrected chi connectivity index (χ0v) is 12.8. The summed E-state index contributed by atoms with van der Waals surface area (Å²) < 4.78 is 5.26. The van der Waals surface area contributed by atoms with Gasteiger partial charge >= 0.3 is 0 Å². The van der Waals surface area contributed by atoms with Gasteiger partial charge in [-0.15, -0.1) is 0 Å². The highest BCUT2D eigenvalue weighted by molar-refractivity contribution is 5.79. The van der Waals surface area contributed by atoms with Crippen LogP contribution in [0.2, 0.25) is 0 Å². The molecule has 0 radical (unpaired) electrons. The van der Waals surface area contributed by atoms with Crippen molar-refractivity contribution in [1.82, 2.24) is 15.4 Å². The van der Waals surface area contributed by atoms with E-state index < -0.39 is 0 Å². The van der Waals surface area contributed by atoms with Gasteiger partial charge in [-0.05, 0) is 12.0 Å². The predicted molar refractivity (Wildman–Crippen MR) is 84.0 cm³/mol. The minimum Gasteiger partial charge on any atom is -0.359 e. The Kier molecular flexibility index (Phi) is 5.37. The van der Waals surface area contributed by atoms with Gasteiger partial charge in [-0.2, -0.15) is 0 Å². The number of hydrogen-bond acceptors (Lipinski definition) is 3. The molecule has 0 aliphatic heterocycles. The van der Waals surface area contributed by atoms with E-state index in [2.05, 4.69) is 39.4 Å². The van der Waals surface area contributed by atoms with Crippen molar-refractivity contribution in [3.05, 3.63) is 53.4 Å². The van der Waals surface area contributed by atoms with E-state index in [-0.39, 0.29) is 0 Å². The average Bonchev–Trinajstić information content (AvgIpc) is 2.97. The third-order valence-corrected chi connectivity index (χ3v) is 3.23. The topological polar surface area (TPSA) is 53.7 Å². The number of aromatic nitrogens is 1. The van der Waals surface area contributed by atoms with Crippen molar-refractivity contribution >= 4 is 5.96 Å². The van der Waals surface area contributed by atoms with Gasteiger partial charge in [-0.25, -0.2) is 0 Å². The molecule has 2 rings (SSSR count). The molecule has 0 saturated heterocycles. The van der Waals surface area contributed by atoms with Crippen molar-refractivity contribution in [1.29, 1.82) is 0 Å². The van der Waals surface area contributed by atoms with Gasteiger partial charge in [0.1, 0.15) is 0 Å². The first kappa shape index (κ1) is 15.1. The molecule has 0 amide bonds. The summed E-state index contributed by atoms with van der Waals surface area (Å²) in [5.41, 5.74) is 2.22. The molecule has 1 heterocycles. The fraction of sp³-hybridized carbons (Fsp3) is 0.375. The molecule has 0 atom stereocenters. The summed E-state index contributed by atoms with van der Waals surface area (Å²) in [5, 5.41) is 7.27. The van der Waals surface area contributed by atoms with Crippen molar-refractivity contribution in [2.24, 2.45) is 4.99 Å². The number of nitrogens with one attached hydrogen (secondary N) is 1. The van der Waals surface area contributed by atoms with E-state index in [4.69, 9.17) is 4.52 Å². The van der Waals surface area contributed by atoms with E-state index in [1.165, 1.54) is 5.56 Å². The molecule has 2 aromatic rings. The van der Waals surface area contributed by atoms with Crippen molar-refractivity contribution in [3.8, 4) is 0 Å². The maximum atomic E-state index is 5.26. The minimum absolute atomic E-state index is 0.582.